The summed E-state index contributed by atoms with van der Waals surface area (Å²) in [6, 6.07) is 4.30. The van der Waals surface area contributed by atoms with E-state index in [2.05, 4.69) is 10.0 Å². The van der Waals surface area contributed by atoms with Gasteiger partial charge in [0.15, 0.2) is 9.84 Å². The van der Waals surface area contributed by atoms with E-state index < -0.39 is 19.9 Å². The third kappa shape index (κ3) is 3.22. The van der Waals surface area contributed by atoms with E-state index in [4.69, 9.17) is 5.73 Å². The summed E-state index contributed by atoms with van der Waals surface area (Å²) in [5, 5.41) is 3.06. The number of nitrogen functional groups attached to an aromatic ring is 1. The smallest absolute Gasteiger partial charge is 0.242 e. The molecule has 0 aliphatic carbocycles. The molecule has 20 heavy (non-hydrogen) atoms. The zero-order valence-corrected chi connectivity index (χ0v) is 12.6. The second kappa shape index (κ2) is 5.23. The monoisotopic (exact) mass is 319 g/mol. The Morgan fingerprint density at radius 1 is 1.35 bits per heavy atom. The lowest BCUT2D eigenvalue weighted by Gasteiger charge is -2.14. The highest BCUT2D eigenvalue weighted by Crippen LogP contribution is 2.24. The van der Waals surface area contributed by atoms with E-state index >= 15 is 0 Å². The average Bonchev–Trinajstić information content (AvgIpc) is 2.68. The minimum Gasteiger partial charge on any atom is -0.398 e. The van der Waals surface area contributed by atoms with Crippen molar-refractivity contribution >= 4 is 31.2 Å². The number of rotatable bonds is 4. The maximum absolute atomic E-state index is 11.7. The lowest BCUT2D eigenvalue weighted by Crippen LogP contribution is -2.22. The van der Waals surface area contributed by atoms with Crippen LogP contribution < -0.4 is 15.8 Å². The highest BCUT2D eigenvalue weighted by Gasteiger charge is 2.27. The number of nitrogens with one attached hydrogen (secondary N) is 2. The summed E-state index contributed by atoms with van der Waals surface area (Å²) in [5.74, 6) is 0.260. The highest BCUT2D eigenvalue weighted by atomic mass is 32.2. The van der Waals surface area contributed by atoms with Crippen molar-refractivity contribution in [3.05, 3.63) is 18.2 Å². The molecule has 9 heteroatoms. The van der Waals surface area contributed by atoms with Crippen molar-refractivity contribution in [1.29, 1.82) is 0 Å². The minimum absolute atomic E-state index is 0.00425. The van der Waals surface area contributed by atoms with Crippen molar-refractivity contribution in [3.63, 3.8) is 0 Å². The van der Waals surface area contributed by atoms with Gasteiger partial charge in [-0.15, -0.1) is 0 Å². The van der Waals surface area contributed by atoms with Gasteiger partial charge in [-0.3, -0.25) is 0 Å². The molecule has 1 unspecified atom stereocenters. The van der Waals surface area contributed by atoms with Gasteiger partial charge in [-0.1, -0.05) is 0 Å². The molecule has 1 aliphatic rings. The molecule has 2 rings (SSSR count). The Labute approximate surface area is 118 Å². The first kappa shape index (κ1) is 15.1. The van der Waals surface area contributed by atoms with E-state index in [0.29, 0.717) is 12.1 Å². The number of sulfone groups is 1. The fraction of sp³-hybridized carbons (Fsp3) is 0.455. The fourth-order valence-corrected chi connectivity index (χ4v) is 4.65. The molecule has 1 aromatic carbocycles. The van der Waals surface area contributed by atoms with E-state index in [1.807, 2.05) is 0 Å². The topological polar surface area (TPSA) is 118 Å². The van der Waals surface area contributed by atoms with Crippen LogP contribution in [0.15, 0.2) is 23.1 Å². The molecule has 0 aromatic heterocycles. The Morgan fingerprint density at radius 2 is 2.05 bits per heavy atom. The lowest BCUT2D eigenvalue weighted by molar-refractivity contribution is 0.588. The second-order valence-electron chi connectivity index (χ2n) is 4.70. The predicted molar refractivity (Wildman–Crippen MR) is 77.8 cm³/mol. The van der Waals surface area contributed by atoms with Crippen molar-refractivity contribution in [2.24, 2.45) is 0 Å². The first-order valence-corrected chi connectivity index (χ1v) is 9.34. The Kier molecular flexibility index (Phi) is 3.94. The van der Waals surface area contributed by atoms with Crippen LogP contribution in [0.1, 0.15) is 6.42 Å². The Bertz CT molecular complexity index is 713. The van der Waals surface area contributed by atoms with Gasteiger partial charge in [0.25, 0.3) is 0 Å². The molecule has 0 radical (unpaired) electrons. The van der Waals surface area contributed by atoms with E-state index in [1.165, 1.54) is 19.2 Å². The van der Waals surface area contributed by atoms with Crippen LogP contribution in [0.2, 0.25) is 0 Å². The van der Waals surface area contributed by atoms with Crippen LogP contribution >= 0.6 is 0 Å². The molecule has 4 N–H and O–H groups in total. The van der Waals surface area contributed by atoms with Crippen LogP contribution in [-0.4, -0.2) is 41.4 Å². The van der Waals surface area contributed by atoms with Crippen LogP contribution in [0, 0.1) is 0 Å². The predicted octanol–water partition coefficient (Wildman–Crippen LogP) is -0.224. The molecule has 0 spiro atoms. The molecule has 1 heterocycles. The second-order valence-corrected chi connectivity index (χ2v) is 8.79. The lowest BCUT2D eigenvalue weighted by atomic mass is 10.2. The van der Waals surface area contributed by atoms with Crippen LogP contribution in [-0.2, 0) is 19.9 Å². The fourth-order valence-electron chi connectivity index (χ4n) is 2.14. The molecular weight excluding hydrogens is 302 g/mol. The van der Waals surface area contributed by atoms with Gasteiger partial charge in [0.2, 0.25) is 10.0 Å². The van der Waals surface area contributed by atoms with Gasteiger partial charge in [0.05, 0.1) is 17.2 Å². The molecule has 112 valence electrons. The summed E-state index contributed by atoms with van der Waals surface area (Å²) in [5.41, 5.74) is 6.46. The summed E-state index contributed by atoms with van der Waals surface area (Å²) in [4.78, 5) is 0.00425. The van der Waals surface area contributed by atoms with E-state index in [0.717, 1.165) is 0 Å². The van der Waals surface area contributed by atoms with Gasteiger partial charge < -0.3 is 11.1 Å². The first-order chi connectivity index (χ1) is 9.23. The Balaban J connectivity index is 2.18. The zero-order chi connectivity index (χ0) is 15.0. The quantitative estimate of drug-likeness (QED) is 0.660. The summed E-state index contributed by atoms with van der Waals surface area (Å²) in [6.07, 6.45) is 0.540. The molecule has 0 amide bonds. The van der Waals surface area contributed by atoms with Gasteiger partial charge in [0, 0.05) is 11.7 Å². The summed E-state index contributed by atoms with van der Waals surface area (Å²) in [6.45, 7) is 0. The third-order valence-corrected chi connectivity index (χ3v) is 6.43. The normalized spacial score (nSPS) is 21.8. The molecule has 7 nitrogen and oxygen atoms in total. The number of hydrogen-bond donors (Lipinski definition) is 3. The summed E-state index contributed by atoms with van der Waals surface area (Å²) < 4.78 is 48.3. The van der Waals surface area contributed by atoms with Gasteiger partial charge in [-0.05, 0) is 31.7 Å². The van der Waals surface area contributed by atoms with Crippen molar-refractivity contribution in [2.45, 2.75) is 17.4 Å². The molecule has 1 aliphatic heterocycles. The summed E-state index contributed by atoms with van der Waals surface area (Å²) >= 11 is 0. The minimum atomic E-state index is -3.59. The van der Waals surface area contributed by atoms with Gasteiger partial charge in [-0.25, -0.2) is 21.6 Å². The molecule has 0 bridgehead atoms. The SMILES string of the molecule is CNS(=O)(=O)c1ccc(NC2CCS(=O)(=O)C2)cc1N. The van der Waals surface area contributed by atoms with Gasteiger partial charge in [-0.2, -0.15) is 0 Å². The molecule has 1 aromatic rings. The van der Waals surface area contributed by atoms with E-state index in [1.54, 1.807) is 6.07 Å². The van der Waals surface area contributed by atoms with E-state index in [-0.39, 0.29) is 28.1 Å². The van der Waals surface area contributed by atoms with E-state index in [9.17, 15) is 16.8 Å². The molecule has 0 saturated carbocycles. The highest BCUT2D eigenvalue weighted by molar-refractivity contribution is 7.91. The van der Waals surface area contributed by atoms with Gasteiger partial charge >= 0.3 is 0 Å². The maximum Gasteiger partial charge on any atom is 0.242 e. The number of hydrogen-bond acceptors (Lipinski definition) is 6. The number of benzene rings is 1. The standard InChI is InChI=1S/C11H17N3O4S2/c1-13-20(17,18)11-3-2-8(6-10(11)12)14-9-4-5-19(15,16)7-9/h2-3,6,9,13-14H,4-5,7,12H2,1H3. The molecule has 1 atom stereocenters. The van der Waals surface area contributed by atoms with Crippen LogP contribution in [0.3, 0.4) is 0 Å². The maximum atomic E-state index is 11.7. The van der Waals surface area contributed by atoms with Gasteiger partial charge in [0.1, 0.15) is 4.90 Å². The zero-order valence-electron chi connectivity index (χ0n) is 11.0. The molecule has 1 saturated heterocycles. The Hall–Kier alpha value is -1.32. The number of nitrogens with two attached hydrogens (primary N) is 1. The van der Waals surface area contributed by atoms with Crippen molar-refractivity contribution < 1.29 is 16.8 Å². The van der Waals surface area contributed by atoms with Crippen LogP contribution in [0.5, 0.6) is 0 Å². The van der Waals surface area contributed by atoms with Crippen molar-refractivity contribution in [2.75, 3.05) is 29.6 Å². The Morgan fingerprint density at radius 3 is 2.55 bits per heavy atom. The third-order valence-electron chi connectivity index (χ3n) is 3.17. The first-order valence-electron chi connectivity index (χ1n) is 6.03. The number of anilines is 2. The molecule has 1 fully saturated rings. The number of sulfonamides is 1. The summed E-state index contributed by atoms with van der Waals surface area (Å²) in [7, 11) is -5.24. The largest absolute Gasteiger partial charge is 0.398 e. The molecular formula is C11H17N3O4S2. The van der Waals surface area contributed by atoms with Crippen LogP contribution in [0.25, 0.3) is 0 Å². The average molecular weight is 319 g/mol. The van der Waals surface area contributed by atoms with Crippen molar-refractivity contribution in [3.8, 4) is 0 Å². The van der Waals surface area contributed by atoms with Crippen molar-refractivity contribution in [1.82, 2.24) is 4.72 Å². The van der Waals surface area contributed by atoms with Crippen LogP contribution in [0.4, 0.5) is 11.4 Å².